The molecule has 0 aliphatic carbocycles. The molecule has 6 heteroatoms. The SMILES string of the molecule is CNC(=O)C(=N)c1cccc(C)c1CO/N=C(\C)c1ccccc1Br. The normalized spacial score (nSPS) is 11.1. The summed E-state index contributed by atoms with van der Waals surface area (Å²) >= 11 is 3.49. The lowest BCUT2D eigenvalue weighted by Crippen LogP contribution is -2.28. The summed E-state index contributed by atoms with van der Waals surface area (Å²) in [5.41, 5.74) is 3.87. The third-order valence-corrected chi connectivity index (χ3v) is 4.50. The summed E-state index contributed by atoms with van der Waals surface area (Å²) in [4.78, 5) is 17.3. The number of carbonyl (C=O) groups is 1. The van der Waals surface area contributed by atoms with Crippen molar-refractivity contribution >= 4 is 33.3 Å². The number of oxime groups is 1. The van der Waals surface area contributed by atoms with Crippen LogP contribution in [0.25, 0.3) is 0 Å². The second kappa shape index (κ2) is 8.58. The number of rotatable bonds is 6. The average molecular weight is 402 g/mol. The second-order valence-electron chi connectivity index (χ2n) is 5.49. The van der Waals surface area contributed by atoms with Gasteiger partial charge in [-0.2, -0.15) is 0 Å². The summed E-state index contributed by atoms with van der Waals surface area (Å²) in [5.74, 6) is -0.431. The van der Waals surface area contributed by atoms with Crippen molar-refractivity contribution in [2.24, 2.45) is 5.16 Å². The van der Waals surface area contributed by atoms with Crippen molar-refractivity contribution < 1.29 is 9.63 Å². The molecule has 2 N–H and O–H groups in total. The van der Waals surface area contributed by atoms with Crippen LogP contribution in [0.4, 0.5) is 0 Å². The third-order valence-electron chi connectivity index (χ3n) is 3.81. The highest BCUT2D eigenvalue weighted by molar-refractivity contribution is 9.10. The van der Waals surface area contributed by atoms with E-state index in [0.717, 1.165) is 26.9 Å². The molecule has 0 aliphatic heterocycles. The van der Waals surface area contributed by atoms with E-state index in [1.807, 2.05) is 50.2 Å². The Morgan fingerprint density at radius 1 is 1.20 bits per heavy atom. The number of nitrogens with one attached hydrogen (secondary N) is 2. The van der Waals surface area contributed by atoms with E-state index in [-0.39, 0.29) is 12.3 Å². The predicted molar refractivity (Wildman–Crippen MR) is 103 cm³/mol. The molecule has 0 saturated heterocycles. The molecule has 0 radical (unpaired) electrons. The van der Waals surface area contributed by atoms with E-state index in [9.17, 15) is 4.79 Å². The number of aryl methyl sites for hydroxylation is 1. The maximum atomic E-state index is 11.8. The molecule has 1 amide bonds. The zero-order chi connectivity index (χ0) is 18.4. The van der Waals surface area contributed by atoms with Crippen molar-refractivity contribution in [1.29, 1.82) is 5.41 Å². The first-order valence-electron chi connectivity index (χ1n) is 7.76. The van der Waals surface area contributed by atoms with Crippen LogP contribution in [0, 0.1) is 12.3 Å². The largest absolute Gasteiger partial charge is 0.391 e. The van der Waals surface area contributed by atoms with Crippen molar-refractivity contribution in [2.75, 3.05) is 7.05 Å². The number of hydrogen-bond acceptors (Lipinski definition) is 4. The summed E-state index contributed by atoms with van der Waals surface area (Å²) in [6, 6.07) is 13.2. The van der Waals surface area contributed by atoms with E-state index < -0.39 is 5.91 Å². The van der Waals surface area contributed by atoms with Gasteiger partial charge in [-0.1, -0.05) is 57.5 Å². The van der Waals surface area contributed by atoms with Crippen molar-refractivity contribution in [3.8, 4) is 0 Å². The zero-order valence-corrected chi connectivity index (χ0v) is 16.0. The van der Waals surface area contributed by atoms with Crippen LogP contribution in [0.3, 0.4) is 0 Å². The van der Waals surface area contributed by atoms with Gasteiger partial charge in [-0.3, -0.25) is 10.2 Å². The van der Waals surface area contributed by atoms with Crippen LogP contribution in [0.1, 0.15) is 29.2 Å². The average Bonchev–Trinajstić information content (AvgIpc) is 2.61. The molecule has 2 aromatic carbocycles. The van der Waals surface area contributed by atoms with Gasteiger partial charge < -0.3 is 10.2 Å². The Hall–Kier alpha value is -2.47. The lowest BCUT2D eigenvalue weighted by Gasteiger charge is -2.12. The first-order valence-corrected chi connectivity index (χ1v) is 8.56. The topological polar surface area (TPSA) is 74.5 Å². The Labute approximate surface area is 155 Å². The summed E-state index contributed by atoms with van der Waals surface area (Å²) in [6.07, 6.45) is 0. The molecular weight excluding hydrogens is 382 g/mol. The van der Waals surface area contributed by atoms with Gasteiger partial charge in [0.25, 0.3) is 5.91 Å². The van der Waals surface area contributed by atoms with Gasteiger partial charge in [0.2, 0.25) is 0 Å². The van der Waals surface area contributed by atoms with Crippen molar-refractivity contribution in [2.45, 2.75) is 20.5 Å². The molecule has 25 heavy (non-hydrogen) atoms. The number of carbonyl (C=O) groups excluding carboxylic acids is 1. The first-order chi connectivity index (χ1) is 12.0. The van der Waals surface area contributed by atoms with Gasteiger partial charge in [0, 0.05) is 28.2 Å². The quantitative estimate of drug-likeness (QED) is 0.570. The Kier molecular flexibility index (Phi) is 6.47. The summed E-state index contributed by atoms with van der Waals surface area (Å²) in [5, 5.41) is 14.7. The van der Waals surface area contributed by atoms with Gasteiger partial charge in [-0.15, -0.1) is 0 Å². The monoisotopic (exact) mass is 401 g/mol. The smallest absolute Gasteiger partial charge is 0.269 e. The Morgan fingerprint density at radius 3 is 2.56 bits per heavy atom. The Balaban J connectivity index is 2.21. The van der Waals surface area contributed by atoms with Crippen LogP contribution in [0.15, 0.2) is 52.1 Å². The van der Waals surface area contributed by atoms with Crippen LogP contribution in [0.5, 0.6) is 0 Å². The lowest BCUT2D eigenvalue weighted by atomic mass is 9.98. The molecule has 0 bridgehead atoms. The minimum absolute atomic E-state index is 0.0868. The fourth-order valence-electron chi connectivity index (χ4n) is 2.37. The maximum Gasteiger partial charge on any atom is 0.269 e. The van der Waals surface area contributed by atoms with Crippen molar-refractivity contribution in [1.82, 2.24) is 5.32 Å². The van der Waals surface area contributed by atoms with E-state index in [1.165, 1.54) is 7.05 Å². The van der Waals surface area contributed by atoms with E-state index in [4.69, 9.17) is 10.2 Å². The van der Waals surface area contributed by atoms with Crippen LogP contribution < -0.4 is 5.32 Å². The molecule has 0 aromatic heterocycles. The van der Waals surface area contributed by atoms with E-state index >= 15 is 0 Å². The van der Waals surface area contributed by atoms with Crippen molar-refractivity contribution in [3.05, 3.63) is 69.2 Å². The number of benzene rings is 2. The number of hydrogen-bond donors (Lipinski definition) is 2. The Bertz CT molecular complexity index is 831. The highest BCUT2D eigenvalue weighted by atomic mass is 79.9. The fraction of sp³-hybridized carbons (Fsp3) is 0.211. The third kappa shape index (κ3) is 4.54. The minimum Gasteiger partial charge on any atom is -0.391 e. The molecule has 0 spiro atoms. The molecular formula is C19H20BrN3O2. The zero-order valence-electron chi connectivity index (χ0n) is 14.4. The van der Waals surface area contributed by atoms with Gasteiger partial charge in [-0.05, 0) is 25.5 Å². The maximum absolute atomic E-state index is 11.8. The summed E-state index contributed by atoms with van der Waals surface area (Å²) in [7, 11) is 1.51. The molecule has 0 aliphatic rings. The molecule has 0 atom stereocenters. The van der Waals surface area contributed by atoms with E-state index in [0.29, 0.717) is 5.56 Å². The molecule has 0 heterocycles. The number of halogens is 1. The molecule has 0 unspecified atom stereocenters. The van der Waals surface area contributed by atoms with Gasteiger partial charge in [0.05, 0.1) is 5.71 Å². The number of nitrogens with zero attached hydrogens (tertiary/aromatic N) is 1. The first kappa shape index (κ1) is 18.9. The fourth-order valence-corrected chi connectivity index (χ4v) is 2.94. The highest BCUT2D eigenvalue weighted by Crippen LogP contribution is 2.19. The Morgan fingerprint density at radius 2 is 1.88 bits per heavy atom. The van der Waals surface area contributed by atoms with Crippen LogP contribution >= 0.6 is 15.9 Å². The molecule has 130 valence electrons. The van der Waals surface area contributed by atoms with Crippen LogP contribution in [0.2, 0.25) is 0 Å². The molecule has 5 nitrogen and oxygen atoms in total. The predicted octanol–water partition coefficient (Wildman–Crippen LogP) is 3.81. The van der Waals surface area contributed by atoms with E-state index in [2.05, 4.69) is 26.4 Å². The molecule has 2 aromatic rings. The van der Waals surface area contributed by atoms with Gasteiger partial charge in [-0.25, -0.2) is 0 Å². The minimum atomic E-state index is -0.431. The van der Waals surface area contributed by atoms with Gasteiger partial charge in [0.15, 0.2) is 0 Å². The summed E-state index contributed by atoms with van der Waals surface area (Å²) < 4.78 is 0.942. The van der Waals surface area contributed by atoms with Crippen LogP contribution in [-0.4, -0.2) is 24.4 Å². The van der Waals surface area contributed by atoms with Gasteiger partial charge >= 0.3 is 0 Å². The highest BCUT2D eigenvalue weighted by Gasteiger charge is 2.16. The lowest BCUT2D eigenvalue weighted by molar-refractivity contribution is -0.114. The van der Waals surface area contributed by atoms with Gasteiger partial charge in [0.1, 0.15) is 12.3 Å². The van der Waals surface area contributed by atoms with E-state index in [1.54, 1.807) is 6.07 Å². The molecule has 2 rings (SSSR count). The number of amides is 1. The summed E-state index contributed by atoms with van der Waals surface area (Å²) in [6.45, 7) is 3.97. The second-order valence-corrected chi connectivity index (χ2v) is 6.34. The number of likely N-dealkylation sites (N-methyl/N-ethyl adjacent to an activating group) is 1. The molecule has 0 saturated carbocycles. The standard InChI is InChI=1S/C19H20BrN3O2/c1-12-7-6-9-15(18(21)19(24)22-3)16(12)11-25-23-13(2)14-8-4-5-10-17(14)20/h4-10,21H,11H2,1-3H3,(H,22,24)/b21-18?,23-13+. The van der Waals surface area contributed by atoms with Crippen molar-refractivity contribution in [3.63, 3.8) is 0 Å². The van der Waals surface area contributed by atoms with Crippen LogP contribution in [-0.2, 0) is 16.2 Å². The molecule has 0 fully saturated rings.